The number of hydrogen-bond donors (Lipinski definition) is 3. The lowest BCUT2D eigenvalue weighted by atomic mass is 9.42. The fraction of sp³-hybridized carbons (Fsp3) is 0.906. The summed E-state index contributed by atoms with van der Waals surface area (Å²) in [5.74, 6) is 4.41. The molecule has 0 aromatic heterocycles. The molecule has 8 rings (SSSR count). The van der Waals surface area contributed by atoms with Crippen molar-refractivity contribution in [2.24, 2.45) is 105 Å². The van der Waals surface area contributed by atoms with E-state index in [1.54, 1.807) is 0 Å². The van der Waals surface area contributed by atoms with Crippen LogP contribution >= 0.6 is 0 Å². The van der Waals surface area contributed by atoms with Crippen LogP contribution in [0.1, 0.15) is 184 Å². The molecule has 0 aromatic carbocycles. The number of ether oxygens (including phenoxy) is 1. The second-order valence-corrected chi connectivity index (χ2v) is 23.9. The summed E-state index contributed by atoms with van der Waals surface area (Å²) in [6, 6.07) is 0. The van der Waals surface area contributed by atoms with E-state index in [9.17, 15) is 29.1 Å². The summed E-state index contributed by atoms with van der Waals surface area (Å²) in [7, 11) is 0. The summed E-state index contributed by atoms with van der Waals surface area (Å²) < 4.78 is 5.37. The number of hydrogen-bond acceptors (Lipinski definition) is 7. The molecule has 0 heterocycles. The second-order valence-electron chi connectivity index (χ2n) is 23.9. The molecule has 0 amide bonds. The molecule has 0 bridgehead atoms. The molecule has 62 heavy (non-hydrogen) atoms. The Kier molecular flexibility index (Phi) is 14.0. The number of aliphatic carboxylic acids is 2. The number of carbonyl (C=O) groups excluding carboxylic acids is 3. The van der Waals surface area contributed by atoms with Crippen LogP contribution in [-0.4, -0.2) is 57.5 Å². The summed E-state index contributed by atoms with van der Waals surface area (Å²) in [6.07, 6.45) is 18.1. The van der Waals surface area contributed by atoms with Gasteiger partial charge in [0, 0.05) is 36.5 Å². The zero-order valence-corrected chi connectivity index (χ0v) is 39.7. The Morgan fingerprint density at radius 2 is 1.02 bits per heavy atom. The minimum Gasteiger partial charge on any atom is -0.481 e. The number of carboxylic acids is 2. The van der Waals surface area contributed by atoms with Crippen molar-refractivity contribution in [2.75, 3.05) is 0 Å². The van der Waals surface area contributed by atoms with Crippen LogP contribution in [0.3, 0.4) is 0 Å². The number of carboxylic acid groups (broad SMARTS) is 2. The van der Waals surface area contributed by atoms with Crippen LogP contribution in [0.4, 0.5) is 0 Å². The van der Waals surface area contributed by atoms with Crippen LogP contribution in [0.5, 0.6) is 0 Å². The molecule has 0 aromatic rings. The molecule has 350 valence electrons. The van der Waals surface area contributed by atoms with E-state index in [4.69, 9.17) is 14.9 Å². The minimum atomic E-state index is -0.707. The van der Waals surface area contributed by atoms with Gasteiger partial charge in [-0.3, -0.25) is 24.0 Å². The Hall–Kier alpha value is -2.29. The maximum absolute atomic E-state index is 14.0. The molecule has 0 aliphatic heterocycles. The summed E-state index contributed by atoms with van der Waals surface area (Å²) in [5, 5.41) is 28.7. The quantitative estimate of drug-likeness (QED) is 0.163. The topological polar surface area (TPSA) is 155 Å². The smallest absolute Gasteiger partial charge is 0.303 e. The van der Waals surface area contributed by atoms with Crippen molar-refractivity contribution in [3.63, 3.8) is 0 Å². The van der Waals surface area contributed by atoms with Crippen LogP contribution < -0.4 is 0 Å². The maximum Gasteiger partial charge on any atom is 0.303 e. The van der Waals surface area contributed by atoms with Crippen LogP contribution in [0, 0.1) is 105 Å². The first-order valence-electron chi connectivity index (χ1n) is 25.6. The van der Waals surface area contributed by atoms with Gasteiger partial charge in [-0.1, -0.05) is 55.4 Å². The van der Waals surface area contributed by atoms with Gasteiger partial charge in [0.15, 0.2) is 0 Å². The molecule has 9 heteroatoms. The first-order chi connectivity index (χ1) is 29.3. The predicted molar refractivity (Wildman–Crippen MR) is 239 cm³/mol. The van der Waals surface area contributed by atoms with E-state index in [-0.39, 0.29) is 70.4 Å². The molecule has 8 unspecified atom stereocenters. The SMILES string of the molecule is CC[C@H]1C(=O)C2C(CC[C@@]3(C)C2CC[C@@H]3[C@H](C)CCC(=O)O)[C@@]2(C)CC[C@@H](O)CC12.CC[C@H]1C(=O)C2C(CC[C@@]3(C)C2CC[C@@H]3[C@H](C)CCC(=O)O)[C@@]2(C)CC[C@@H](OC=O)CC12. The molecule has 8 aliphatic rings. The highest BCUT2D eigenvalue weighted by molar-refractivity contribution is 5.86. The van der Waals surface area contributed by atoms with E-state index in [2.05, 4.69) is 55.4 Å². The van der Waals surface area contributed by atoms with Crippen LogP contribution in [0.25, 0.3) is 0 Å². The average molecular weight is 865 g/mol. The van der Waals surface area contributed by atoms with Gasteiger partial charge in [0.05, 0.1) is 6.10 Å². The number of ketones is 2. The monoisotopic (exact) mass is 865 g/mol. The van der Waals surface area contributed by atoms with Crippen LogP contribution in [0.15, 0.2) is 0 Å². The number of aliphatic hydroxyl groups excluding tert-OH is 1. The van der Waals surface area contributed by atoms with Crippen molar-refractivity contribution in [1.82, 2.24) is 0 Å². The Morgan fingerprint density at radius 1 is 0.613 bits per heavy atom. The number of Topliss-reactive ketones (excluding diaryl/α,β-unsaturated/α-hetero) is 2. The van der Waals surface area contributed by atoms with Gasteiger partial charge in [0.2, 0.25) is 0 Å². The van der Waals surface area contributed by atoms with Crippen molar-refractivity contribution in [2.45, 2.75) is 196 Å². The zero-order valence-electron chi connectivity index (χ0n) is 39.7. The lowest BCUT2D eigenvalue weighted by Crippen LogP contribution is -2.60. The standard InChI is InChI=1S/C27H42O5.C26H42O4/c1-5-18-22-14-17(32-15-28)10-12-27(22,4)21-11-13-26(3)19(16(2)6-9-23(29)30)7-8-20(26)24(21)25(18)31;1-5-17-21-14-16(27)10-12-26(21,4)20-11-13-25(3)18(15(2)6-9-22(28)29)7-8-19(25)23(20)24(17)30/h15-22,24H,5-14H2,1-4H3,(H,29,30);15-21,23,27H,5-14H2,1-4H3,(H,28,29)/t16-,17-,18-,19-,20?,21?,22?,24?,26-,27-;15-,16-,17-,18-,19?,20?,21?,23?,25-,26-/m11/s1. The Bertz CT molecular complexity index is 1680. The van der Waals surface area contributed by atoms with E-state index in [1.807, 2.05) is 0 Å². The lowest BCUT2D eigenvalue weighted by Gasteiger charge is -2.62. The van der Waals surface area contributed by atoms with E-state index in [0.717, 1.165) is 109 Å². The van der Waals surface area contributed by atoms with Gasteiger partial charge in [0.1, 0.15) is 17.7 Å². The number of rotatable bonds is 12. The average Bonchev–Trinajstić information content (AvgIpc) is 3.77. The van der Waals surface area contributed by atoms with E-state index in [1.165, 1.54) is 6.42 Å². The van der Waals surface area contributed by atoms with Crippen molar-refractivity contribution in [1.29, 1.82) is 0 Å². The third kappa shape index (κ3) is 7.96. The predicted octanol–water partition coefficient (Wildman–Crippen LogP) is 10.8. The van der Waals surface area contributed by atoms with Crippen molar-refractivity contribution < 1.29 is 44.0 Å². The highest BCUT2D eigenvalue weighted by atomic mass is 16.5. The van der Waals surface area contributed by atoms with Gasteiger partial charge in [-0.25, -0.2) is 0 Å². The first kappa shape index (κ1) is 47.7. The Balaban J connectivity index is 0.000000187. The molecule has 0 spiro atoms. The molecule has 0 saturated heterocycles. The Morgan fingerprint density at radius 3 is 1.44 bits per heavy atom. The van der Waals surface area contributed by atoms with Gasteiger partial charge in [-0.15, -0.1) is 0 Å². The van der Waals surface area contributed by atoms with Gasteiger partial charge in [0.25, 0.3) is 6.47 Å². The Labute approximate surface area is 373 Å². The number of carbonyl (C=O) groups is 5. The van der Waals surface area contributed by atoms with E-state index < -0.39 is 11.9 Å². The summed E-state index contributed by atoms with van der Waals surface area (Å²) >= 11 is 0. The minimum absolute atomic E-state index is 0.0382. The fourth-order valence-corrected chi connectivity index (χ4v) is 18.5. The molecular formula is C53H84O9. The van der Waals surface area contributed by atoms with Crippen LogP contribution in [-0.2, 0) is 28.7 Å². The largest absolute Gasteiger partial charge is 0.481 e. The van der Waals surface area contributed by atoms with E-state index >= 15 is 0 Å². The molecule has 20 atom stereocenters. The highest BCUT2D eigenvalue weighted by Crippen LogP contribution is 2.70. The van der Waals surface area contributed by atoms with Gasteiger partial charge >= 0.3 is 11.9 Å². The van der Waals surface area contributed by atoms with Gasteiger partial charge < -0.3 is 20.1 Å². The number of fused-ring (bicyclic) bond motifs is 10. The van der Waals surface area contributed by atoms with Crippen molar-refractivity contribution in [3.05, 3.63) is 0 Å². The van der Waals surface area contributed by atoms with E-state index in [0.29, 0.717) is 77.2 Å². The third-order valence-corrected chi connectivity index (χ3v) is 21.6. The van der Waals surface area contributed by atoms with Gasteiger partial charge in [-0.05, 0) is 196 Å². The molecule has 8 saturated carbocycles. The molecule has 9 nitrogen and oxygen atoms in total. The summed E-state index contributed by atoms with van der Waals surface area (Å²) in [6.45, 7) is 19.1. The van der Waals surface area contributed by atoms with Crippen molar-refractivity contribution in [3.8, 4) is 0 Å². The van der Waals surface area contributed by atoms with Crippen LogP contribution in [0.2, 0.25) is 0 Å². The lowest BCUT2D eigenvalue weighted by molar-refractivity contribution is -0.176. The summed E-state index contributed by atoms with van der Waals surface area (Å²) in [4.78, 5) is 61.2. The second kappa shape index (κ2) is 18.2. The first-order valence-corrected chi connectivity index (χ1v) is 25.6. The number of aliphatic hydroxyl groups is 1. The fourth-order valence-electron chi connectivity index (χ4n) is 18.5. The maximum atomic E-state index is 14.0. The van der Waals surface area contributed by atoms with Crippen molar-refractivity contribution >= 4 is 30.0 Å². The molecule has 8 aliphatic carbocycles. The molecule has 3 N–H and O–H groups in total. The third-order valence-electron chi connectivity index (χ3n) is 21.6. The zero-order chi connectivity index (χ0) is 45.1. The summed E-state index contributed by atoms with van der Waals surface area (Å²) in [5.41, 5.74) is 0.654. The molecule has 8 fully saturated rings. The molecule has 0 radical (unpaired) electrons. The van der Waals surface area contributed by atoms with Gasteiger partial charge in [-0.2, -0.15) is 0 Å². The molecular weight excluding hydrogens is 781 g/mol. The highest BCUT2D eigenvalue weighted by Gasteiger charge is 2.67. The normalized spacial score (nSPS) is 47.8.